The van der Waals surface area contributed by atoms with Gasteiger partial charge in [0.15, 0.2) is 0 Å². The van der Waals surface area contributed by atoms with Crippen molar-refractivity contribution < 1.29 is 4.79 Å². The summed E-state index contributed by atoms with van der Waals surface area (Å²) in [5, 5.41) is 3.72. The van der Waals surface area contributed by atoms with Crippen molar-refractivity contribution in [3.8, 4) is 0 Å². The molecule has 3 nitrogen and oxygen atoms in total. The van der Waals surface area contributed by atoms with Gasteiger partial charge in [-0.25, -0.2) is 0 Å². The fourth-order valence-electron chi connectivity index (χ4n) is 1.13. The third kappa shape index (κ3) is 3.63. The molecular weight excluding hydrogens is 256 g/mol. The molecule has 0 fully saturated rings. The topological polar surface area (TPSA) is 42.0 Å². The van der Waals surface area contributed by atoms with Crippen molar-refractivity contribution >= 4 is 21.8 Å². The van der Waals surface area contributed by atoms with Gasteiger partial charge in [0.25, 0.3) is 5.91 Å². The Balaban J connectivity index is 2.63. The number of rotatable bonds is 4. The molecule has 0 saturated carbocycles. The van der Waals surface area contributed by atoms with Crippen LogP contribution in [0.3, 0.4) is 0 Å². The Hall–Kier alpha value is -0.900. The van der Waals surface area contributed by atoms with Gasteiger partial charge in [0.05, 0.1) is 5.56 Å². The molecule has 1 N–H and O–H groups in total. The van der Waals surface area contributed by atoms with E-state index in [0.717, 1.165) is 5.33 Å². The lowest BCUT2D eigenvalue weighted by Gasteiger charge is -2.19. The van der Waals surface area contributed by atoms with Crippen LogP contribution in [0.5, 0.6) is 0 Å². The summed E-state index contributed by atoms with van der Waals surface area (Å²) < 4.78 is 0. The van der Waals surface area contributed by atoms with E-state index in [9.17, 15) is 4.79 Å². The number of pyridine rings is 1. The fraction of sp³-hybridized carbons (Fsp3) is 0.455. The van der Waals surface area contributed by atoms with Gasteiger partial charge in [-0.05, 0) is 18.1 Å². The highest BCUT2D eigenvalue weighted by Gasteiger charge is 2.15. The number of alkyl halides is 1. The van der Waals surface area contributed by atoms with Crippen LogP contribution in [-0.2, 0) is 0 Å². The van der Waals surface area contributed by atoms with Crippen molar-refractivity contribution in [2.75, 3.05) is 5.33 Å². The molecule has 1 heterocycles. The Kier molecular flexibility index (Phi) is 4.75. The second-order valence-corrected chi connectivity index (χ2v) is 4.37. The molecular formula is C11H15BrN2O. The average Bonchev–Trinajstić information content (AvgIpc) is 2.26. The molecule has 0 aliphatic heterocycles. The highest BCUT2D eigenvalue weighted by Crippen LogP contribution is 2.06. The predicted octanol–water partition coefficient (Wildman–Crippen LogP) is 2.23. The first-order chi connectivity index (χ1) is 7.15. The zero-order chi connectivity index (χ0) is 11.3. The minimum absolute atomic E-state index is 0.0683. The number of nitrogens with zero attached hydrogens (tertiary/aromatic N) is 1. The van der Waals surface area contributed by atoms with Gasteiger partial charge in [-0.15, -0.1) is 0 Å². The largest absolute Gasteiger partial charge is 0.348 e. The van der Waals surface area contributed by atoms with Gasteiger partial charge in [-0.2, -0.15) is 0 Å². The minimum Gasteiger partial charge on any atom is -0.348 e. The molecule has 0 aromatic carbocycles. The smallest absolute Gasteiger partial charge is 0.253 e. The van der Waals surface area contributed by atoms with E-state index < -0.39 is 0 Å². The number of amides is 1. The molecule has 82 valence electrons. The Morgan fingerprint density at radius 2 is 2.33 bits per heavy atom. The number of carbonyl (C=O) groups excluding carboxylic acids is 1. The highest BCUT2D eigenvalue weighted by atomic mass is 79.9. The Morgan fingerprint density at radius 1 is 1.60 bits per heavy atom. The number of aromatic nitrogens is 1. The quantitative estimate of drug-likeness (QED) is 0.853. The maximum atomic E-state index is 11.7. The zero-order valence-corrected chi connectivity index (χ0v) is 10.5. The van der Waals surface area contributed by atoms with Crippen LogP contribution < -0.4 is 5.32 Å². The predicted molar refractivity (Wildman–Crippen MR) is 64.1 cm³/mol. The van der Waals surface area contributed by atoms with Crippen molar-refractivity contribution in [3.63, 3.8) is 0 Å². The van der Waals surface area contributed by atoms with Crippen molar-refractivity contribution in [1.82, 2.24) is 10.3 Å². The van der Waals surface area contributed by atoms with Crippen LogP contribution in [-0.4, -0.2) is 22.3 Å². The Morgan fingerprint density at radius 3 is 2.80 bits per heavy atom. The van der Waals surface area contributed by atoms with E-state index in [0.29, 0.717) is 11.5 Å². The first-order valence-corrected chi connectivity index (χ1v) is 6.04. The highest BCUT2D eigenvalue weighted by molar-refractivity contribution is 9.09. The maximum Gasteiger partial charge on any atom is 0.253 e. The van der Waals surface area contributed by atoms with E-state index in [1.807, 2.05) is 0 Å². The molecule has 0 bridgehead atoms. The molecule has 1 rings (SSSR count). The number of hydrogen-bond donors (Lipinski definition) is 1. The molecule has 0 radical (unpaired) electrons. The van der Waals surface area contributed by atoms with Gasteiger partial charge >= 0.3 is 0 Å². The SMILES string of the molecule is CC(C)C(CBr)NC(=O)c1cccnc1. The molecule has 1 aromatic heterocycles. The lowest BCUT2D eigenvalue weighted by molar-refractivity contribution is 0.0931. The third-order valence-electron chi connectivity index (χ3n) is 2.21. The van der Waals surface area contributed by atoms with E-state index in [-0.39, 0.29) is 11.9 Å². The molecule has 0 aliphatic rings. The van der Waals surface area contributed by atoms with Crippen molar-refractivity contribution in [2.24, 2.45) is 5.92 Å². The lowest BCUT2D eigenvalue weighted by atomic mass is 10.1. The summed E-state index contributed by atoms with van der Waals surface area (Å²) in [5.41, 5.74) is 0.601. The van der Waals surface area contributed by atoms with Crippen molar-refractivity contribution in [3.05, 3.63) is 30.1 Å². The van der Waals surface area contributed by atoms with Crippen LogP contribution in [0.15, 0.2) is 24.5 Å². The monoisotopic (exact) mass is 270 g/mol. The summed E-state index contributed by atoms with van der Waals surface area (Å²) in [6.45, 7) is 4.16. The zero-order valence-electron chi connectivity index (χ0n) is 8.90. The average molecular weight is 271 g/mol. The van der Waals surface area contributed by atoms with Gasteiger partial charge in [0.1, 0.15) is 0 Å². The normalized spacial score (nSPS) is 12.5. The van der Waals surface area contributed by atoms with Gasteiger partial charge in [-0.3, -0.25) is 9.78 Å². The van der Waals surface area contributed by atoms with E-state index in [4.69, 9.17) is 0 Å². The van der Waals surface area contributed by atoms with Crippen LogP contribution in [0.25, 0.3) is 0 Å². The van der Waals surface area contributed by atoms with Gasteiger partial charge in [0.2, 0.25) is 0 Å². The standard InChI is InChI=1S/C11H15BrN2O/c1-8(2)10(6-12)14-11(15)9-4-3-5-13-7-9/h3-5,7-8,10H,6H2,1-2H3,(H,14,15). The van der Waals surface area contributed by atoms with Crippen LogP contribution in [0, 0.1) is 5.92 Å². The molecule has 0 saturated heterocycles. The summed E-state index contributed by atoms with van der Waals surface area (Å²) in [6.07, 6.45) is 3.22. The number of nitrogens with one attached hydrogen (secondary N) is 1. The summed E-state index contributed by atoms with van der Waals surface area (Å²) in [5.74, 6) is 0.339. The molecule has 0 spiro atoms. The molecule has 1 atom stereocenters. The summed E-state index contributed by atoms with van der Waals surface area (Å²) in [7, 11) is 0. The van der Waals surface area contributed by atoms with Gasteiger partial charge < -0.3 is 5.32 Å². The van der Waals surface area contributed by atoms with Crippen LogP contribution in [0.2, 0.25) is 0 Å². The third-order valence-corrected chi connectivity index (χ3v) is 2.91. The van der Waals surface area contributed by atoms with E-state index in [1.54, 1.807) is 24.5 Å². The molecule has 15 heavy (non-hydrogen) atoms. The van der Waals surface area contributed by atoms with Crippen molar-refractivity contribution in [1.29, 1.82) is 0 Å². The summed E-state index contributed by atoms with van der Waals surface area (Å²) >= 11 is 3.39. The van der Waals surface area contributed by atoms with Crippen LogP contribution in [0.1, 0.15) is 24.2 Å². The van der Waals surface area contributed by atoms with E-state index in [2.05, 4.69) is 40.1 Å². The van der Waals surface area contributed by atoms with E-state index >= 15 is 0 Å². The van der Waals surface area contributed by atoms with Gasteiger partial charge in [0, 0.05) is 23.8 Å². The second kappa shape index (κ2) is 5.85. The summed E-state index contributed by atoms with van der Waals surface area (Å²) in [4.78, 5) is 15.7. The number of hydrogen-bond acceptors (Lipinski definition) is 2. The molecule has 0 aliphatic carbocycles. The first kappa shape index (κ1) is 12.2. The van der Waals surface area contributed by atoms with Crippen LogP contribution in [0.4, 0.5) is 0 Å². The molecule has 4 heteroatoms. The maximum absolute atomic E-state index is 11.7. The number of carbonyl (C=O) groups is 1. The molecule has 1 amide bonds. The minimum atomic E-state index is -0.0683. The Labute approximate surface area is 98.4 Å². The summed E-state index contributed by atoms with van der Waals surface area (Å²) in [6, 6.07) is 3.67. The molecule has 1 unspecified atom stereocenters. The second-order valence-electron chi connectivity index (χ2n) is 3.72. The van der Waals surface area contributed by atoms with E-state index in [1.165, 1.54) is 0 Å². The first-order valence-electron chi connectivity index (χ1n) is 4.92. The van der Waals surface area contributed by atoms with Gasteiger partial charge in [-0.1, -0.05) is 29.8 Å². The Bertz CT molecular complexity index is 314. The molecule has 1 aromatic rings. The number of halogens is 1. The lowest BCUT2D eigenvalue weighted by Crippen LogP contribution is -2.39. The fourth-order valence-corrected chi connectivity index (χ4v) is 2.04. The van der Waals surface area contributed by atoms with Crippen LogP contribution >= 0.6 is 15.9 Å². The van der Waals surface area contributed by atoms with Crippen molar-refractivity contribution in [2.45, 2.75) is 19.9 Å².